The number of rotatable bonds is 8. The van der Waals surface area contributed by atoms with Gasteiger partial charge in [-0.05, 0) is 25.7 Å². The monoisotopic (exact) mass is 394 g/mol. The minimum absolute atomic E-state index is 0.496. The zero-order chi connectivity index (χ0) is 18.9. The molecule has 152 valence electrons. The first kappa shape index (κ1) is 20.4. The van der Waals surface area contributed by atoms with Crippen molar-refractivity contribution in [2.75, 3.05) is 64.9 Å². The normalized spacial score (nSPS) is 19.6. The van der Waals surface area contributed by atoms with Crippen LogP contribution in [0.1, 0.15) is 31.4 Å². The Morgan fingerprint density at radius 1 is 1.30 bits per heavy atom. The molecule has 3 heterocycles. The Hall–Kier alpha value is -1.38. The summed E-state index contributed by atoms with van der Waals surface area (Å²) >= 11 is 1.77. The first-order valence-corrected chi connectivity index (χ1v) is 11.0. The van der Waals surface area contributed by atoms with Gasteiger partial charge < -0.3 is 25.2 Å². The van der Waals surface area contributed by atoms with Crippen LogP contribution < -0.4 is 15.5 Å². The van der Waals surface area contributed by atoms with Crippen LogP contribution in [0.25, 0.3) is 0 Å². The second-order valence-electron chi connectivity index (χ2n) is 7.32. The lowest BCUT2D eigenvalue weighted by molar-refractivity contribution is 0.128. The number of nitrogens with one attached hydrogen (secondary N) is 2. The van der Waals surface area contributed by atoms with Gasteiger partial charge in [-0.25, -0.2) is 4.98 Å². The average Bonchev–Trinajstić information content (AvgIpc) is 3.38. The van der Waals surface area contributed by atoms with Crippen LogP contribution in [0.5, 0.6) is 0 Å². The number of ether oxygens (including phenoxy) is 1. The summed E-state index contributed by atoms with van der Waals surface area (Å²) in [7, 11) is 3.61. The van der Waals surface area contributed by atoms with Gasteiger partial charge in [-0.15, -0.1) is 11.3 Å². The van der Waals surface area contributed by atoms with Crippen LogP contribution in [0.3, 0.4) is 0 Å². The molecule has 3 rings (SSSR count). The second-order valence-corrected chi connectivity index (χ2v) is 8.15. The smallest absolute Gasteiger partial charge is 0.191 e. The van der Waals surface area contributed by atoms with Gasteiger partial charge in [0, 0.05) is 71.3 Å². The van der Waals surface area contributed by atoms with Crippen LogP contribution in [0, 0.1) is 0 Å². The zero-order valence-corrected chi connectivity index (χ0v) is 17.6. The Balaban J connectivity index is 1.35. The summed E-state index contributed by atoms with van der Waals surface area (Å²) in [5.74, 6) is 0.903. The van der Waals surface area contributed by atoms with E-state index < -0.39 is 0 Å². The van der Waals surface area contributed by atoms with E-state index in [1.54, 1.807) is 18.4 Å². The van der Waals surface area contributed by atoms with Crippen molar-refractivity contribution in [3.05, 3.63) is 11.1 Å². The maximum absolute atomic E-state index is 5.17. The highest BCUT2D eigenvalue weighted by atomic mass is 32.1. The maximum Gasteiger partial charge on any atom is 0.191 e. The Morgan fingerprint density at radius 2 is 2.07 bits per heavy atom. The molecule has 0 aromatic carbocycles. The molecule has 0 spiro atoms. The Bertz CT molecular complexity index is 579. The third-order valence-corrected chi connectivity index (χ3v) is 6.30. The van der Waals surface area contributed by atoms with E-state index in [-0.39, 0.29) is 0 Å². The SMILES string of the molecule is CN=C(NCCc1csc(N2CCCC2)n1)NC1CCN(CCOC)CC1. The number of nitrogens with zero attached hydrogens (tertiary/aromatic N) is 4. The molecule has 8 heteroatoms. The Morgan fingerprint density at radius 3 is 2.78 bits per heavy atom. The number of guanidine groups is 1. The van der Waals surface area contributed by atoms with Crippen molar-refractivity contribution >= 4 is 22.4 Å². The van der Waals surface area contributed by atoms with Crippen LogP contribution in [-0.2, 0) is 11.2 Å². The minimum atomic E-state index is 0.496. The molecule has 2 aliphatic rings. The van der Waals surface area contributed by atoms with Crippen LogP contribution in [0.2, 0.25) is 0 Å². The molecule has 0 radical (unpaired) electrons. The maximum atomic E-state index is 5.17. The van der Waals surface area contributed by atoms with Crippen molar-refractivity contribution in [3.63, 3.8) is 0 Å². The van der Waals surface area contributed by atoms with E-state index in [2.05, 4.69) is 30.8 Å². The summed E-state index contributed by atoms with van der Waals surface area (Å²) in [6.45, 7) is 7.26. The van der Waals surface area contributed by atoms with E-state index in [1.165, 1.54) is 23.7 Å². The molecule has 7 nitrogen and oxygen atoms in total. The number of piperidine rings is 1. The second kappa shape index (κ2) is 10.8. The van der Waals surface area contributed by atoms with E-state index in [1.807, 2.05) is 7.05 Å². The number of hydrogen-bond acceptors (Lipinski definition) is 6. The predicted molar refractivity (Wildman–Crippen MR) is 113 cm³/mol. The summed E-state index contributed by atoms with van der Waals surface area (Å²) in [6, 6.07) is 0.496. The van der Waals surface area contributed by atoms with Crippen molar-refractivity contribution in [1.29, 1.82) is 0 Å². The van der Waals surface area contributed by atoms with E-state index in [4.69, 9.17) is 9.72 Å². The number of anilines is 1. The highest BCUT2D eigenvalue weighted by Crippen LogP contribution is 2.24. The molecule has 0 unspecified atom stereocenters. The molecule has 2 saturated heterocycles. The van der Waals surface area contributed by atoms with Crippen LogP contribution in [0.15, 0.2) is 10.4 Å². The van der Waals surface area contributed by atoms with Crippen molar-refractivity contribution in [3.8, 4) is 0 Å². The van der Waals surface area contributed by atoms with Gasteiger partial charge in [-0.2, -0.15) is 0 Å². The topological polar surface area (TPSA) is 65.0 Å². The Kier molecular flexibility index (Phi) is 8.16. The molecule has 27 heavy (non-hydrogen) atoms. The van der Waals surface area contributed by atoms with E-state index in [0.717, 1.165) is 71.1 Å². The summed E-state index contributed by atoms with van der Waals surface area (Å²) in [4.78, 5) is 14.1. The molecule has 0 bridgehead atoms. The van der Waals surface area contributed by atoms with Crippen molar-refractivity contribution in [2.24, 2.45) is 4.99 Å². The third-order valence-electron chi connectivity index (χ3n) is 5.35. The zero-order valence-electron chi connectivity index (χ0n) is 16.7. The lowest BCUT2D eigenvalue weighted by atomic mass is 10.1. The van der Waals surface area contributed by atoms with Gasteiger partial charge >= 0.3 is 0 Å². The Labute approximate surface area is 167 Å². The summed E-state index contributed by atoms with van der Waals surface area (Å²) in [5.41, 5.74) is 1.18. The standard InChI is InChI=1S/C19H34N6OS/c1-20-18(22-16-6-11-24(12-7-16)13-14-26-2)21-8-5-17-15-27-19(23-17)25-9-3-4-10-25/h15-16H,3-14H2,1-2H3,(H2,20,21,22). The lowest BCUT2D eigenvalue weighted by Crippen LogP contribution is -2.49. The highest BCUT2D eigenvalue weighted by molar-refractivity contribution is 7.13. The third kappa shape index (κ3) is 6.33. The number of aromatic nitrogens is 1. The quantitative estimate of drug-likeness (QED) is 0.515. The van der Waals surface area contributed by atoms with Gasteiger partial charge in [0.1, 0.15) is 0 Å². The number of hydrogen-bond donors (Lipinski definition) is 2. The van der Waals surface area contributed by atoms with Gasteiger partial charge in [0.25, 0.3) is 0 Å². The minimum Gasteiger partial charge on any atom is -0.383 e. The first-order valence-electron chi connectivity index (χ1n) is 10.2. The summed E-state index contributed by atoms with van der Waals surface area (Å²) in [6.07, 6.45) is 5.82. The fourth-order valence-corrected chi connectivity index (χ4v) is 4.60. The lowest BCUT2D eigenvalue weighted by Gasteiger charge is -2.32. The average molecular weight is 395 g/mol. The molecular formula is C19H34N6OS. The van der Waals surface area contributed by atoms with Gasteiger partial charge in [-0.3, -0.25) is 4.99 Å². The number of likely N-dealkylation sites (tertiary alicyclic amines) is 1. The number of aliphatic imine (C=N–C) groups is 1. The van der Waals surface area contributed by atoms with Crippen molar-refractivity contribution in [2.45, 2.75) is 38.1 Å². The van der Waals surface area contributed by atoms with Crippen molar-refractivity contribution < 1.29 is 4.74 Å². The van der Waals surface area contributed by atoms with Gasteiger partial charge in [0.05, 0.1) is 12.3 Å². The summed E-state index contributed by atoms with van der Waals surface area (Å²) in [5, 5.41) is 10.4. The predicted octanol–water partition coefficient (Wildman–Crippen LogP) is 1.56. The molecule has 2 N–H and O–H groups in total. The number of methoxy groups -OCH3 is 1. The molecule has 1 aromatic heterocycles. The molecular weight excluding hydrogens is 360 g/mol. The van der Waals surface area contributed by atoms with Crippen LogP contribution in [-0.4, -0.2) is 81.9 Å². The molecule has 2 fully saturated rings. The van der Waals surface area contributed by atoms with Gasteiger partial charge in [0.2, 0.25) is 0 Å². The fraction of sp³-hybridized carbons (Fsp3) is 0.789. The van der Waals surface area contributed by atoms with Gasteiger partial charge in [0.15, 0.2) is 11.1 Å². The number of thiazole rings is 1. The molecule has 0 atom stereocenters. The van der Waals surface area contributed by atoms with Crippen LogP contribution >= 0.6 is 11.3 Å². The fourth-order valence-electron chi connectivity index (χ4n) is 3.68. The summed E-state index contributed by atoms with van der Waals surface area (Å²) < 4.78 is 5.17. The van der Waals surface area contributed by atoms with E-state index >= 15 is 0 Å². The van der Waals surface area contributed by atoms with E-state index in [0.29, 0.717) is 6.04 Å². The van der Waals surface area contributed by atoms with Crippen molar-refractivity contribution in [1.82, 2.24) is 20.5 Å². The molecule has 1 aromatic rings. The molecule has 0 amide bonds. The van der Waals surface area contributed by atoms with E-state index in [9.17, 15) is 0 Å². The largest absolute Gasteiger partial charge is 0.383 e. The first-order chi connectivity index (χ1) is 13.3. The van der Waals surface area contributed by atoms with Crippen LogP contribution in [0.4, 0.5) is 5.13 Å². The molecule has 0 saturated carbocycles. The molecule has 0 aliphatic carbocycles. The highest BCUT2D eigenvalue weighted by Gasteiger charge is 2.19. The van der Waals surface area contributed by atoms with Gasteiger partial charge in [-0.1, -0.05) is 0 Å². The molecule has 2 aliphatic heterocycles.